The molecule has 1 saturated heterocycles. The smallest absolute Gasteiger partial charge is 0.141 e. The van der Waals surface area contributed by atoms with E-state index in [-0.39, 0.29) is 5.82 Å². The van der Waals surface area contributed by atoms with Gasteiger partial charge in [-0.1, -0.05) is 17.3 Å². The highest BCUT2D eigenvalue weighted by atomic mass is 79.9. The molecular formula is C15H19BrFN5. The molecule has 2 heterocycles. The van der Waals surface area contributed by atoms with E-state index in [9.17, 15) is 4.39 Å². The molecule has 22 heavy (non-hydrogen) atoms. The minimum Gasteiger partial charge on any atom is -0.299 e. The molecule has 1 aliphatic rings. The van der Waals surface area contributed by atoms with Gasteiger partial charge in [-0.3, -0.25) is 14.5 Å². The highest BCUT2D eigenvalue weighted by Crippen LogP contribution is 2.20. The zero-order chi connectivity index (χ0) is 15.4. The maximum atomic E-state index is 14.0. The van der Waals surface area contributed by atoms with Gasteiger partial charge in [0.1, 0.15) is 5.82 Å². The van der Waals surface area contributed by atoms with Gasteiger partial charge in [-0.15, -0.1) is 5.10 Å². The van der Waals surface area contributed by atoms with Gasteiger partial charge in [-0.05, 0) is 22.0 Å². The van der Waals surface area contributed by atoms with Crippen molar-refractivity contribution in [1.82, 2.24) is 24.8 Å². The van der Waals surface area contributed by atoms with Crippen molar-refractivity contribution in [3.8, 4) is 0 Å². The van der Waals surface area contributed by atoms with Crippen molar-refractivity contribution >= 4 is 15.9 Å². The van der Waals surface area contributed by atoms with Gasteiger partial charge in [0, 0.05) is 51.0 Å². The molecule has 1 aliphatic heterocycles. The standard InChI is InChI=1S/C15H19BrFN5/c16-14-3-1-2-13(15(14)17)12-21-8-6-20(7-9-21)10-11-22-5-4-18-19-22/h1-5H,6-12H2. The zero-order valence-corrected chi connectivity index (χ0v) is 13.9. The minimum absolute atomic E-state index is 0.142. The first-order valence-electron chi connectivity index (χ1n) is 7.44. The van der Waals surface area contributed by atoms with Crippen LogP contribution in [0.2, 0.25) is 0 Å². The molecule has 7 heteroatoms. The largest absolute Gasteiger partial charge is 0.299 e. The van der Waals surface area contributed by atoms with Crippen molar-refractivity contribution in [3.05, 3.63) is 46.4 Å². The van der Waals surface area contributed by atoms with Crippen molar-refractivity contribution in [3.63, 3.8) is 0 Å². The number of benzene rings is 1. The molecule has 0 spiro atoms. The highest BCUT2D eigenvalue weighted by Gasteiger charge is 2.18. The third-order valence-corrected chi connectivity index (χ3v) is 4.62. The minimum atomic E-state index is -0.142. The number of rotatable bonds is 5. The predicted octanol–water partition coefficient (Wildman–Crippen LogP) is 2.00. The van der Waals surface area contributed by atoms with Crippen molar-refractivity contribution in [1.29, 1.82) is 0 Å². The van der Waals surface area contributed by atoms with Gasteiger partial charge in [0.05, 0.1) is 17.2 Å². The van der Waals surface area contributed by atoms with E-state index in [1.165, 1.54) is 0 Å². The second-order valence-electron chi connectivity index (χ2n) is 5.50. The van der Waals surface area contributed by atoms with Crippen LogP contribution in [-0.4, -0.2) is 57.5 Å². The van der Waals surface area contributed by atoms with Crippen LogP contribution in [-0.2, 0) is 13.1 Å². The molecular weight excluding hydrogens is 349 g/mol. The predicted molar refractivity (Wildman–Crippen MR) is 85.8 cm³/mol. The van der Waals surface area contributed by atoms with Crippen LogP contribution in [0, 0.1) is 5.82 Å². The number of nitrogens with zero attached hydrogens (tertiary/aromatic N) is 5. The summed E-state index contributed by atoms with van der Waals surface area (Å²) in [7, 11) is 0. The fourth-order valence-corrected chi connectivity index (χ4v) is 3.09. The van der Waals surface area contributed by atoms with Gasteiger partial charge >= 0.3 is 0 Å². The molecule has 3 rings (SSSR count). The zero-order valence-electron chi connectivity index (χ0n) is 12.3. The van der Waals surface area contributed by atoms with Crippen molar-refractivity contribution < 1.29 is 4.39 Å². The molecule has 0 bridgehead atoms. The van der Waals surface area contributed by atoms with Crippen LogP contribution in [0.4, 0.5) is 4.39 Å². The second kappa shape index (κ2) is 7.30. The van der Waals surface area contributed by atoms with E-state index >= 15 is 0 Å². The van der Waals surface area contributed by atoms with E-state index in [0.717, 1.165) is 44.8 Å². The summed E-state index contributed by atoms with van der Waals surface area (Å²) in [5.41, 5.74) is 0.755. The summed E-state index contributed by atoms with van der Waals surface area (Å²) in [6, 6.07) is 5.48. The molecule has 0 N–H and O–H groups in total. The number of aromatic nitrogens is 3. The Morgan fingerprint density at radius 3 is 2.59 bits per heavy atom. The fourth-order valence-electron chi connectivity index (χ4n) is 2.68. The van der Waals surface area contributed by atoms with Gasteiger partial charge in [0.2, 0.25) is 0 Å². The number of hydrogen-bond acceptors (Lipinski definition) is 4. The van der Waals surface area contributed by atoms with Gasteiger partial charge < -0.3 is 0 Å². The van der Waals surface area contributed by atoms with Crippen molar-refractivity contribution in [2.24, 2.45) is 0 Å². The first-order valence-corrected chi connectivity index (χ1v) is 8.23. The van der Waals surface area contributed by atoms with E-state index in [4.69, 9.17) is 0 Å². The summed E-state index contributed by atoms with van der Waals surface area (Å²) in [6.07, 6.45) is 3.58. The van der Waals surface area contributed by atoms with Crippen LogP contribution < -0.4 is 0 Å². The molecule has 1 aromatic heterocycles. The molecule has 5 nitrogen and oxygen atoms in total. The summed E-state index contributed by atoms with van der Waals surface area (Å²) >= 11 is 3.24. The first-order chi connectivity index (χ1) is 10.7. The van der Waals surface area contributed by atoms with Crippen LogP contribution in [0.1, 0.15) is 5.56 Å². The van der Waals surface area contributed by atoms with Gasteiger partial charge in [-0.25, -0.2) is 4.39 Å². The van der Waals surface area contributed by atoms with Crippen LogP contribution in [0.5, 0.6) is 0 Å². The maximum Gasteiger partial charge on any atom is 0.141 e. The Bertz CT molecular complexity index is 596. The lowest BCUT2D eigenvalue weighted by Gasteiger charge is -2.34. The topological polar surface area (TPSA) is 37.2 Å². The summed E-state index contributed by atoms with van der Waals surface area (Å²) in [5, 5.41) is 7.78. The van der Waals surface area contributed by atoms with E-state index in [2.05, 4.69) is 36.0 Å². The summed E-state index contributed by atoms with van der Waals surface area (Å²) < 4.78 is 16.4. The first kappa shape index (κ1) is 15.6. The summed E-state index contributed by atoms with van der Waals surface area (Å²) in [4.78, 5) is 4.71. The number of piperazine rings is 1. The van der Waals surface area contributed by atoms with E-state index in [1.54, 1.807) is 12.3 Å². The molecule has 0 atom stereocenters. The lowest BCUT2D eigenvalue weighted by atomic mass is 10.2. The molecule has 0 radical (unpaired) electrons. The Balaban J connectivity index is 1.46. The average molecular weight is 368 g/mol. The third kappa shape index (κ3) is 3.91. The van der Waals surface area contributed by atoms with Crippen LogP contribution >= 0.6 is 15.9 Å². The molecule has 0 amide bonds. The SMILES string of the molecule is Fc1c(Br)cccc1CN1CCN(CCn2ccnn2)CC1. The number of halogens is 2. The summed E-state index contributed by atoms with van der Waals surface area (Å²) in [5.74, 6) is -0.142. The van der Waals surface area contributed by atoms with Crippen molar-refractivity contribution in [2.45, 2.75) is 13.1 Å². The van der Waals surface area contributed by atoms with E-state index < -0.39 is 0 Å². The Morgan fingerprint density at radius 1 is 1.09 bits per heavy atom. The third-order valence-electron chi connectivity index (χ3n) is 4.01. The molecule has 2 aromatic rings. The normalized spacial score (nSPS) is 17.0. The van der Waals surface area contributed by atoms with E-state index in [0.29, 0.717) is 11.0 Å². The molecule has 0 aliphatic carbocycles. The van der Waals surface area contributed by atoms with E-state index in [1.807, 2.05) is 23.0 Å². The molecule has 0 saturated carbocycles. The monoisotopic (exact) mass is 367 g/mol. The van der Waals surface area contributed by atoms with Gasteiger partial charge in [0.25, 0.3) is 0 Å². The molecule has 0 unspecified atom stereocenters. The molecule has 118 valence electrons. The van der Waals surface area contributed by atoms with Crippen LogP contribution in [0.25, 0.3) is 0 Å². The van der Waals surface area contributed by atoms with Gasteiger partial charge in [-0.2, -0.15) is 0 Å². The number of hydrogen-bond donors (Lipinski definition) is 0. The lowest BCUT2D eigenvalue weighted by molar-refractivity contribution is 0.122. The Morgan fingerprint density at radius 2 is 1.86 bits per heavy atom. The highest BCUT2D eigenvalue weighted by molar-refractivity contribution is 9.10. The summed E-state index contributed by atoms with van der Waals surface area (Å²) in [6.45, 7) is 6.44. The molecule has 1 fully saturated rings. The van der Waals surface area contributed by atoms with Crippen LogP contribution in [0.3, 0.4) is 0 Å². The van der Waals surface area contributed by atoms with Crippen molar-refractivity contribution in [2.75, 3.05) is 32.7 Å². The fraction of sp³-hybridized carbons (Fsp3) is 0.467. The lowest BCUT2D eigenvalue weighted by Crippen LogP contribution is -2.46. The van der Waals surface area contributed by atoms with Gasteiger partial charge in [0.15, 0.2) is 0 Å². The maximum absolute atomic E-state index is 14.0. The Kier molecular flexibility index (Phi) is 5.17. The quantitative estimate of drug-likeness (QED) is 0.809. The Hall–Kier alpha value is -1.31. The Labute approximate surface area is 137 Å². The second-order valence-corrected chi connectivity index (χ2v) is 6.35. The average Bonchev–Trinajstić information content (AvgIpc) is 3.05. The molecule has 1 aromatic carbocycles. The van der Waals surface area contributed by atoms with Crippen LogP contribution in [0.15, 0.2) is 35.1 Å².